The van der Waals surface area contributed by atoms with Crippen LogP contribution in [0.25, 0.3) is 10.8 Å². The molecule has 1 saturated heterocycles. The normalized spacial score (nSPS) is 16.3. The Morgan fingerprint density at radius 3 is 2.54 bits per heavy atom. The second kappa shape index (κ2) is 9.78. The zero-order valence-electron chi connectivity index (χ0n) is 21.7. The number of ether oxygens (including phenoxy) is 1. The first-order valence-corrected chi connectivity index (χ1v) is 13.0. The number of aryl methyl sites for hydroxylation is 1. The minimum atomic E-state index is -0.575. The van der Waals surface area contributed by atoms with Crippen LogP contribution in [0.2, 0.25) is 0 Å². The van der Waals surface area contributed by atoms with Crippen molar-refractivity contribution in [1.82, 2.24) is 9.97 Å². The van der Waals surface area contributed by atoms with E-state index in [2.05, 4.69) is 9.88 Å². The molecule has 3 aromatic rings. The number of rotatable bonds is 6. The summed E-state index contributed by atoms with van der Waals surface area (Å²) in [4.78, 5) is 27.0. The van der Waals surface area contributed by atoms with E-state index in [1.165, 1.54) is 12.1 Å². The number of hydrogen-bond donors (Lipinski definition) is 2. The molecule has 196 valence electrons. The number of aromatic hydroxyl groups is 1. The molecular formula is C28H34FN5O3. The highest BCUT2D eigenvalue weighted by atomic mass is 19.1. The predicted molar refractivity (Wildman–Crippen MR) is 142 cm³/mol. The summed E-state index contributed by atoms with van der Waals surface area (Å²) in [6.45, 7) is 7.56. The number of halogens is 1. The van der Waals surface area contributed by atoms with Crippen LogP contribution in [0.1, 0.15) is 68.1 Å². The first-order chi connectivity index (χ1) is 17.7. The summed E-state index contributed by atoms with van der Waals surface area (Å²) in [5.74, 6) is -0.0297. The molecule has 0 saturated carbocycles. The van der Waals surface area contributed by atoms with Gasteiger partial charge in [-0.3, -0.25) is 4.79 Å². The summed E-state index contributed by atoms with van der Waals surface area (Å²) in [6.07, 6.45) is 4.74. The predicted octanol–water partition coefficient (Wildman–Crippen LogP) is 4.69. The Morgan fingerprint density at radius 1 is 1.14 bits per heavy atom. The number of nitrogens with zero attached hydrogens (tertiary/aromatic N) is 4. The van der Waals surface area contributed by atoms with Crippen molar-refractivity contribution in [3.05, 3.63) is 46.9 Å². The second-order valence-electron chi connectivity index (χ2n) is 10.7. The van der Waals surface area contributed by atoms with Crippen LogP contribution in [0.5, 0.6) is 11.8 Å². The number of carbonyl (C=O) groups excluding carboxylic acids is 1. The van der Waals surface area contributed by atoms with Gasteiger partial charge in [0.15, 0.2) is 0 Å². The minimum absolute atomic E-state index is 0.00735. The van der Waals surface area contributed by atoms with Gasteiger partial charge in [0.25, 0.3) is 5.91 Å². The van der Waals surface area contributed by atoms with E-state index in [1.54, 1.807) is 17.0 Å². The molecule has 8 nitrogen and oxygen atoms in total. The van der Waals surface area contributed by atoms with Crippen molar-refractivity contribution in [1.29, 1.82) is 0 Å². The summed E-state index contributed by atoms with van der Waals surface area (Å²) < 4.78 is 20.7. The average Bonchev–Trinajstić information content (AvgIpc) is 3.00. The van der Waals surface area contributed by atoms with Crippen molar-refractivity contribution in [2.24, 2.45) is 5.73 Å². The highest BCUT2D eigenvalue weighted by Gasteiger charge is 2.37. The van der Waals surface area contributed by atoms with Gasteiger partial charge in [0, 0.05) is 30.1 Å². The van der Waals surface area contributed by atoms with Gasteiger partial charge in [0.2, 0.25) is 0 Å². The SMILES string of the molecule is CCc1c(F)ccc2cc(O)cc(N3Cc4nc(OCC(C)(C)N)nc(N5CCCCCC5)c4C3=O)c12. The summed E-state index contributed by atoms with van der Waals surface area (Å²) in [5.41, 5.74) is 7.49. The number of aromatic nitrogens is 2. The largest absolute Gasteiger partial charge is 0.508 e. The molecule has 9 heteroatoms. The highest BCUT2D eigenvalue weighted by Crippen LogP contribution is 2.41. The molecule has 37 heavy (non-hydrogen) atoms. The Morgan fingerprint density at radius 2 is 1.86 bits per heavy atom. The number of nitrogens with two attached hydrogens (primary N) is 1. The van der Waals surface area contributed by atoms with Crippen molar-refractivity contribution in [3.8, 4) is 11.8 Å². The summed E-state index contributed by atoms with van der Waals surface area (Å²) >= 11 is 0. The maximum atomic E-state index is 14.8. The molecule has 3 N–H and O–H groups in total. The number of phenolic OH excluding ortho intramolecular Hbond substituents is 1. The zero-order valence-corrected chi connectivity index (χ0v) is 21.7. The molecule has 0 radical (unpaired) electrons. The van der Waals surface area contributed by atoms with Crippen molar-refractivity contribution in [3.63, 3.8) is 0 Å². The van der Waals surface area contributed by atoms with E-state index in [4.69, 9.17) is 15.5 Å². The summed E-state index contributed by atoms with van der Waals surface area (Å²) in [7, 11) is 0. The van der Waals surface area contributed by atoms with Gasteiger partial charge in [-0.2, -0.15) is 9.97 Å². The molecule has 2 aliphatic rings. The lowest BCUT2D eigenvalue weighted by atomic mass is 9.99. The third-order valence-electron chi connectivity index (χ3n) is 6.97. The van der Waals surface area contributed by atoms with Crippen LogP contribution in [0, 0.1) is 5.82 Å². The summed E-state index contributed by atoms with van der Waals surface area (Å²) in [5, 5.41) is 11.8. The van der Waals surface area contributed by atoms with Crippen molar-refractivity contribution in [2.45, 2.75) is 65.0 Å². The minimum Gasteiger partial charge on any atom is -0.508 e. The highest BCUT2D eigenvalue weighted by molar-refractivity contribution is 6.16. The number of carbonyl (C=O) groups is 1. The van der Waals surface area contributed by atoms with Crippen molar-refractivity contribution in [2.75, 3.05) is 29.5 Å². The Kier molecular flexibility index (Phi) is 6.66. The van der Waals surface area contributed by atoms with Gasteiger partial charge < -0.3 is 25.4 Å². The molecule has 5 rings (SSSR count). The first-order valence-electron chi connectivity index (χ1n) is 13.0. The molecule has 0 unspecified atom stereocenters. The lowest BCUT2D eigenvalue weighted by Gasteiger charge is -2.24. The molecule has 0 spiro atoms. The van der Waals surface area contributed by atoms with Gasteiger partial charge in [-0.15, -0.1) is 0 Å². The van der Waals surface area contributed by atoms with Crippen LogP contribution in [-0.2, 0) is 13.0 Å². The fourth-order valence-corrected chi connectivity index (χ4v) is 5.22. The standard InChI is InChI=1S/C28H34FN5O3/c1-4-19-20(29)10-9-17-13-18(35)14-22(23(17)19)34-15-21-24(26(34)36)25(33-11-7-5-6-8-12-33)32-27(31-21)37-16-28(2,3)30/h9-10,13-14,35H,4-8,11-12,15-16,30H2,1-3H3. The number of hydrogen-bond acceptors (Lipinski definition) is 7. The van der Waals surface area contributed by atoms with Gasteiger partial charge in [0.1, 0.15) is 29.6 Å². The Hall–Kier alpha value is -3.46. The van der Waals surface area contributed by atoms with Gasteiger partial charge in [-0.25, -0.2) is 4.39 Å². The number of anilines is 2. The number of fused-ring (bicyclic) bond motifs is 2. The number of benzene rings is 2. The molecule has 1 amide bonds. The maximum absolute atomic E-state index is 14.8. The van der Waals surface area contributed by atoms with E-state index in [-0.39, 0.29) is 36.6 Å². The smallest absolute Gasteiger partial charge is 0.318 e. The van der Waals surface area contributed by atoms with Crippen LogP contribution >= 0.6 is 0 Å². The molecule has 1 aromatic heterocycles. The van der Waals surface area contributed by atoms with E-state index in [9.17, 15) is 14.3 Å². The van der Waals surface area contributed by atoms with E-state index in [0.29, 0.717) is 45.5 Å². The average molecular weight is 508 g/mol. The van der Waals surface area contributed by atoms with Crippen LogP contribution < -0.4 is 20.3 Å². The molecule has 1 fully saturated rings. The fraction of sp³-hybridized carbons (Fsp3) is 0.464. The van der Waals surface area contributed by atoms with Crippen LogP contribution in [-0.4, -0.2) is 46.2 Å². The molecule has 0 atom stereocenters. The lowest BCUT2D eigenvalue weighted by molar-refractivity contribution is 0.0997. The van der Waals surface area contributed by atoms with E-state index in [1.807, 2.05) is 20.8 Å². The van der Waals surface area contributed by atoms with Gasteiger partial charge >= 0.3 is 6.01 Å². The molecular weight excluding hydrogens is 473 g/mol. The Bertz CT molecular complexity index is 1350. The molecule has 0 aliphatic carbocycles. The second-order valence-corrected chi connectivity index (χ2v) is 10.7. The van der Waals surface area contributed by atoms with Gasteiger partial charge in [-0.05, 0) is 56.2 Å². The van der Waals surface area contributed by atoms with Gasteiger partial charge in [0.05, 0.1) is 17.9 Å². The third kappa shape index (κ3) is 4.92. The van der Waals surface area contributed by atoms with Crippen molar-refractivity contribution < 1.29 is 19.0 Å². The van der Waals surface area contributed by atoms with Crippen LogP contribution in [0.15, 0.2) is 24.3 Å². The Labute approximate surface area is 216 Å². The Balaban J connectivity index is 1.63. The monoisotopic (exact) mass is 507 g/mol. The maximum Gasteiger partial charge on any atom is 0.318 e. The topological polar surface area (TPSA) is 105 Å². The fourth-order valence-electron chi connectivity index (χ4n) is 5.22. The van der Waals surface area contributed by atoms with Crippen LogP contribution in [0.3, 0.4) is 0 Å². The molecule has 2 aliphatic heterocycles. The molecule has 2 aromatic carbocycles. The summed E-state index contributed by atoms with van der Waals surface area (Å²) in [6, 6.07) is 6.33. The zero-order chi connectivity index (χ0) is 26.3. The van der Waals surface area contributed by atoms with Crippen molar-refractivity contribution >= 4 is 28.2 Å². The van der Waals surface area contributed by atoms with Crippen LogP contribution in [0.4, 0.5) is 15.9 Å². The third-order valence-corrected chi connectivity index (χ3v) is 6.97. The molecule has 0 bridgehead atoms. The number of amides is 1. The molecule has 3 heterocycles. The lowest BCUT2D eigenvalue weighted by Crippen LogP contribution is -2.39. The van der Waals surface area contributed by atoms with E-state index in [0.717, 1.165) is 38.8 Å². The first kappa shape index (κ1) is 25.2. The number of phenols is 1. The quantitative estimate of drug-likeness (QED) is 0.499. The van der Waals surface area contributed by atoms with E-state index < -0.39 is 5.54 Å². The van der Waals surface area contributed by atoms with Gasteiger partial charge in [-0.1, -0.05) is 25.8 Å². The van der Waals surface area contributed by atoms with E-state index >= 15 is 0 Å².